The summed E-state index contributed by atoms with van der Waals surface area (Å²) in [4.78, 5) is 8.58. The number of fused-ring (bicyclic) bond motifs is 1. The normalized spacial score (nSPS) is 11.1. The summed E-state index contributed by atoms with van der Waals surface area (Å²) in [5.41, 5.74) is 4.85. The Balaban J connectivity index is 1.87. The van der Waals surface area contributed by atoms with Gasteiger partial charge in [-0.2, -0.15) is 10.2 Å². The number of rotatable bonds is 2. The number of aryl methyl sites for hydroxylation is 1. The molecule has 0 radical (unpaired) electrons. The predicted molar refractivity (Wildman–Crippen MR) is 78.4 cm³/mol. The highest BCUT2D eigenvalue weighted by atomic mass is 15.3. The van der Waals surface area contributed by atoms with E-state index in [1.54, 1.807) is 23.1 Å². The van der Waals surface area contributed by atoms with Crippen molar-refractivity contribution in [1.29, 1.82) is 0 Å². The van der Waals surface area contributed by atoms with Crippen LogP contribution in [0.25, 0.3) is 28.0 Å². The fourth-order valence-corrected chi connectivity index (χ4v) is 2.39. The summed E-state index contributed by atoms with van der Waals surface area (Å²) in [6.45, 7) is 0. The second-order valence-electron chi connectivity index (χ2n) is 4.75. The Bertz CT molecular complexity index is 906. The van der Waals surface area contributed by atoms with E-state index in [0.29, 0.717) is 0 Å². The molecule has 0 amide bonds. The fourth-order valence-electron chi connectivity index (χ4n) is 2.39. The third-order valence-electron chi connectivity index (χ3n) is 3.47. The maximum atomic E-state index is 4.55. The molecule has 6 nitrogen and oxygen atoms in total. The average molecular weight is 276 g/mol. The van der Waals surface area contributed by atoms with E-state index in [4.69, 9.17) is 0 Å². The van der Waals surface area contributed by atoms with E-state index in [-0.39, 0.29) is 0 Å². The molecule has 0 unspecified atom stereocenters. The van der Waals surface area contributed by atoms with Gasteiger partial charge in [0, 0.05) is 43.6 Å². The van der Waals surface area contributed by atoms with Crippen LogP contribution in [0.3, 0.4) is 0 Å². The summed E-state index contributed by atoms with van der Waals surface area (Å²) in [5.74, 6) is 0. The molecule has 0 fully saturated rings. The van der Waals surface area contributed by atoms with Crippen LogP contribution in [0.5, 0.6) is 0 Å². The molecule has 0 aromatic carbocycles. The third kappa shape index (κ3) is 1.88. The zero-order valence-electron chi connectivity index (χ0n) is 11.4. The van der Waals surface area contributed by atoms with Crippen molar-refractivity contribution >= 4 is 5.65 Å². The van der Waals surface area contributed by atoms with Gasteiger partial charge in [0.2, 0.25) is 0 Å². The van der Waals surface area contributed by atoms with Crippen molar-refractivity contribution in [2.45, 2.75) is 0 Å². The zero-order chi connectivity index (χ0) is 14.2. The minimum atomic E-state index is 0.816. The maximum Gasteiger partial charge on any atom is 0.164 e. The Morgan fingerprint density at radius 1 is 0.905 bits per heavy atom. The fraction of sp³-hybridized carbons (Fsp3) is 0.0667. The predicted octanol–water partition coefficient (Wildman–Crippen LogP) is 2.19. The van der Waals surface area contributed by atoms with Gasteiger partial charge in [-0.3, -0.25) is 9.67 Å². The second-order valence-corrected chi connectivity index (χ2v) is 4.75. The monoisotopic (exact) mass is 276 g/mol. The molecule has 0 saturated carbocycles. The molecule has 0 aliphatic heterocycles. The largest absolute Gasteiger partial charge is 0.268 e. The van der Waals surface area contributed by atoms with E-state index in [9.17, 15) is 0 Å². The molecule has 102 valence electrons. The lowest BCUT2D eigenvalue weighted by Crippen LogP contribution is -1.95. The van der Waals surface area contributed by atoms with E-state index in [1.807, 2.05) is 48.5 Å². The van der Waals surface area contributed by atoms with Crippen LogP contribution in [0.15, 0.2) is 55.4 Å². The van der Waals surface area contributed by atoms with Crippen LogP contribution >= 0.6 is 0 Å². The van der Waals surface area contributed by atoms with Crippen LogP contribution < -0.4 is 0 Å². The van der Waals surface area contributed by atoms with Gasteiger partial charge in [0.25, 0.3) is 0 Å². The number of nitrogens with zero attached hydrogens (tertiary/aromatic N) is 6. The second kappa shape index (κ2) is 4.52. The molecule has 4 rings (SSSR count). The van der Waals surface area contributed by atoms with Gasteiger partial charge >= 0.3 is 0 Å². The average Bonchev–Trinajstić information content (AvgIpc) is 3.13. The van der Waals surface area contributed by atoms with Crippen molar-refractivity contribution in [2.75, 3.05) is 0 Å². The van der Waals surface area contributed by atoms with Gasteiger partial charge < -0.3 is 0 Å². The van der Waals surface area contributed by atoms with E-state index in [0.717, 1.165) is 28.0 Å². The first-order valence-electron chi connectivity index (χ1n) is 6.55. The third-order valence-corrected chi connectivity index (χ3v) is 3.47. The van der Waals surface area contributed by atoms with Gasteiger partial charge in [0.1, 0.15) is 0 Å². The lowest BCUT2D eigenvalue weighted by atomic mass is 10.1. The molecule has 6 heteroatoms. The molecule has 0 bridgehead atoms. The first kappa shape index (κ1) is 11.8. The van der Waals surface area contributed by atoms with Crippen LogP contribution in [-0.4, -0.2) is 29.4 Å². The summed E-state index contributed by atoms with van der Waals surface area (Å²) in [6.07, 6.45) is 10.9. The molecule has 0 atom stereocenters. The standard InChI is InChI=1S/C15H12N6/c1-20-14(4-7-18-20)13-9-19-21-10-12(8-17-15(13)21)11-2-5-16-6-3-11/h2-10H,1H3. The molecule has 0 aliphatic carbocycles. The zero-order valence-corrected chi connectivity index (χ0v) is 11.4. The van der Waals surface area contributed by atoms with Crippen molar-refractivity contribution in [2.24, 2.45) is 7.05 Å². The molecule has 0 N–H and O–H groups in total. The Kier molecular flexibility index (Phi) is 2.53. The molecule has 4 heterocycles. The van der Waals surface area contributed by atoms with Crippen LogP contribution in [0, 0.1) is 0 Å². The molecular formula is C15H12N6. The Morgan fingerprint density at radius 3 is 2.52 bits per heavy atom. The first-order valence-corrected chi connectivity index (χ1v) is 6.55. The van der Waals surface area contributed by atoms with Crippen molar-refractivity contribution < 1.29 is 0 Å². The van der Waals surface area contributed by atoms with Crippen LogP contribution in [-0.2, 0) is 7.05 Å². The summed E-state index contributed by atoms with van der Waals surface area (Å²) in [5, 5.41) is 8.59. The topological polar surface area (TPSA) is 60.9 Å². The molecular weight excluding hydrogens is 264 g/mol. The minimum Gasteiger partial charge on any atom is -0.268 e. The molecule has 4 aromatic heterocycles. The molecule has 0 saturated heterocycles. The van der Waals surface area contributed by atoms with Crippen LogP contribution in [0.4, 0.5) is 0 Å². The SMILES string of the molecule is Cn1nccc1-c1cnn2cc(-c3ccncc3)cnc12. The van der Waals surface area contributed by atoms with Gasteiger partial charge in [-0.1, -0.05) is 0 Å². The number of hydrogen-bond donors (Lipinski definition) is 0. The molecule has 0 spiro atoms. The van der Waals surface area contributed by atoms with Gasteiger partial charge in [-0.05, 0) is 23.8 Å². The lowest BCUT2D eigenvalue weighted by Gasteiger charge is -2.03. The van der Waals surface area contributed by atoms with E-state index >= 15 is 0 Å². The highest BCUT2D eigenvalue weighted by Crippen LogP contribution is 2.24. The highest BCUT2D eigenvalue weighted by molar-refractivity contribution is 5.75. The summed E-state index contributed by atoms with van der Waals surface area (Å²) in [6, 6.07) is 5.86. The first-order chi connectivity index (χ1) is 10.3. The van der Waals surface area contributed by atoms with Crippen LogP contribution in [0.2, 0.25) is 0 Å². The van der Waals surface area contributed by atoms with E-state index in [1.165, 1.54) is 0 Å². The summed E-state index contributed by atoms with van der Waals surface area (Å²) >= 11 is 0. The molecule has 4 aromatic rings. The quantitative estimate of drug-likeness (QED) is 0.563. The Labute approximate surface area is 120 Å². The molecule has 21 heavy (non-hydrogen) atoms. The Morgan fingerprint density at radius 2 is 1.76 bits per heavy atom. The minimum absolute atomic E-state index is 0.816. The van der Waals surface area contributed by atoms with E-state index in [2.05, 4.69) is 20.2 Å². The lowest BCUT2D eigenvalue weighted by molar-refractivity contribution is 0.776. The smallest absolute Gasteiger partial charge is 0.164 e. The van der Waals surface area contributed by atoms with Crippen molar-refractivity contribution in [1.82, 2.24) is 29.4 Å². The van der Waals surface area contributed by atoms with Crippen molar-refractivity contribution in [3.63, 3.8) is 0 Å². The summed E-state index contributed by atoms with van der Waals surface area (Å²) < 4.78 is 3.60. The number of aromatic nitrogens is 6. The van der Waals surface area contributed by atoms with Gasteiger partial charge in [0.15, 0.2) is 5.65 Å². The van der Waals surface area contributed by atoms with Gasteiger partial charge in [-0.15, -0.1) is 0 Å². The number of pyridine rings is 1. The van der Waals surface area contributed by atoms with Gasteiger partial charge in [0.05, 0.1) is 17.5 Å². The van der Waals surface area contributed by atoms with E-state index < -0.39 is 0 Å². The highest BCUT2D eigenvalue weighted by Gasteiger charge is 2.11. The van der Waals surface area contributed by atoms with Gasteiger partial charge in [-0.25, -0.2) is 9.50 Å². The Hall–Kier alpha value is -3.02. The molecule has 0 aliphatic rings. The van der Waals surface area contributed by atoms with Crippen molar-refractivity contribution in [3.05, 3.63) is 55.4 Å². The van der Waals surface area contributed by atoms with Crippen molar-refractivity contribution in [3.8, 4) is 22.4 Å². The maximum absolute atomic E-state index is 4.55. The number of hydrogen-bond acceptors (Lipinski definition) is 4. The summed E-state index contributed by atoms with van der Waals surface area (Å²) in [7, 11) is 1.91. The van der Waals surface area contributed by atoms with Crippen LogP contribution in [0.1, 0.15) is 0 Å².